The van der Waals surface area contributed by atoms with Gasteiger partial charge in [-0.2, -0.15) is 13.2 Å². The van der Waals surface area contributed by atoms with Crippen LogP contribution in [0.1, 0.15) is 16.7 Å². The number of hydrogen-bond acceptors (Lipinski definition) is 6. The topological polar surface area (TPSA) is 88.6 Å². The van der Waals surface area contributed by atoms with Gasteiger partial charge in [-0.1, -0.05) is 0 Å². The summed E-state index contributed by atoms with van der Waals surface area (Å²) in [7, 11) is -4.03. The second-order valence-corrected chi connectivity index (χ2v) is 9.33. The maximum atomic E-state index is 13.1. The standard InChI is InChI=1S/C16H16F3N3O4S2/c1-8-7-12(10(3)27-8)28(24,25)21-11-5-4-6-20-14(11)22-9(2)13(16(17,18)19)26-15(22)23/h4-7,9,13,21H,1-3H3/t9-,13-/m0/s1. The molecule has 0 spiro atoms. The number of carbonyl (C=O) groups is 1. The molecule has 0 aliphatic carbocycles. The van der Waals surface area contributed by atoms with Crippen molar-refractivity contribution in [1.82, 2.24) is 4.98 Å². The molecule has 152 valence electrons. The molecule has 28 heavy (non-hydrogen) atoms. The molecule has 1 fully saturated rings. The SMILES string of the molecule is Cc1cc(S(=O)(=O)Nc2cccnc2N2C(=O)O[C@H](C(F)(F)F)[C@@H]2C)c(C)s1. The Balaban J connectivity index is 1.99. The van der Waals surface area contributed by atoms with Crippen molar-refractivity contribution in [2.45, 2.75) is 44.0 Å². The highest BCUT2D eigenvalue weighted by Crippen LogP contribution is 2.38. The molecule has 2 aromatic rings. The maximum absolute atomic E-state index is 13.1. The number of rotatable bonds is 4. The van der Waals surface area contributed by atoms with Crippen LogP contribution in [0, 0.1) is 13.8 Å². The van der Waals surface area contributed by atoms with Crippen LogP contribution in [0.5, 0.6) is 0 Å². The summed E-state index contributed by atoms with van der Waals surface area (Å²) >= 11 is 1.30. The number of cyclic esters (lactones) is 1. The molecule has 0 radical (unpaired) electrons. The second kappa shape index (κ2) is 6.92. The number of pyridine rings is 1. The molecule has 1 amide bonds. The van der Waals surface area contributed by atoms with Crippen LogP contribution >= 0.6 is 11.3 Å². The number of nitrogens with one attached hydrogen (secondary N) is 1. The molecule has 12 heteroatoms. The van der Waals surface area contributed by atoms with E-state index in [1.807, 2.05) is 0 Å². The molecule has 1 aliphatic heterocycles. The largest absolute Gasteiger partial charge is 0.434 e. The van der Waals surface area contributed by atoms with Gasteiger partial charge in [0.15, 0.2) is 5.82 Å². The Kier molecular flexibility index (Phi) is 5.04. The van der Waals surface area contributed by atoms with E-state index in [1.165, 1.54) is 35.7 Å². The van der Waals surface area contributed by atoms with Gasteiger partial charge in [-0.3, -0.25) is 9.62 Å². The number of anilines is 2. The third-order valence-corrected chi connectivity index (χ3v) is 6.72. The first kappa shape index (κ1) is 20.4. The van der Waals surface area contributed by atoms with Gasteiger partial charge in [0.05, 0.1) is 11.7 Å². The number of hydrogen-bond donors (Lipinski definition) is 1. The lowest BCUT2D eigenvalue weighted by atomic mass is 10.1. The Morgan fingerprint density at radius 1 is 1.32 bits per heavy atom. The molecule has 2 aromatic heterocycles. The summed E-state index contributed by atoms with van der Waals surface area (Å²) in [6, 6.07) is 2.79. The quantitative estimate of drug-likeness (QED) is 0.788. The maximum Gasteiger partial charge on any atom is 0.427 e. The minimum absolute atomic E-state index is 0.0509. The van der Waals surface area contributed by atoms with Gasteiger partial charge in [0.25, 0.3) is 10.0 Å². The zero-order chi connectivity index (χ0) is 20.9. The Hall–Kier alpha value is -2.34. The van der Waals surface area contributed by atoms with Gasteiger partial charge in [-0.15, -0.1) is 11.3 Å². The first-order chi connectivity index (χ1) is 12.9. The fourth-order valence-corrected chi connectivity index (χ4v) is 5.54. The highest BCUT2D eigenvalue weighted by molar-refractivity contribution is 7.93. The third-order valence-electron chi connectivity index (χ3n) is 4.14. The number of amides is 1. The van der Waals surface area contributed by atoms with Crippen molar-refractivity contribution in [2.75, 3.05) is 9.62 Å². The van der Waals surface area contributed by atoms with Crippen LogP contribution in [-0.4, -0.2) is 37.8 Å². The average Bonchev–Trinajstić information content (AvgIpc) is 3.07. The van der Waals surface area contributed by atoms with Gasteiger partial charge in [0.1, 0.15) is 4.90 Å². The number of aromatic nitrogens is 1. The fraction of sp³-hybridized carbons (Fsp3) is 0.375. The van der Waals surface area contributed by atoms with E-state index in [9.17, 15) is 26.4 Å². The first-order valence-corrected chi connectivity index (χ1v) is 10.3. The van der Waals surface area contributed by atoms with Gasteiger partial charge >= 0.3 is 12.3 Å². The molecular formula is C16H16F3N3O4S2. The van der Waals surface area contributed by atoms with E-state index in [2.05, 4.69) is 14.4 Å². The fourth-order valence-electron chi connectivity index (χ4n) is 2.93. The van der Waals surface area contributed by atoms with Crippen LogP contribution in [0.3, 0.4) is 0 Å². The number of carbonyl (C=O) groups excluding carboxylic acids is 1. The number of halogens is 3. The summed E-state index contributed by atoms with van der Waals surface area (Å²) in [5, 5.41) is 0. The van der Waals surface area contributed by atoms with E-state index in [0.29, 0.717) is 9.78 Å². The first-order valence-electron chi connectivity index (χ1n) is 8.03. The van der Waals surface area contributed by atoms with Crippen LogP contribution in [-0.2, 0) is 14.8 Å². The number of sulfonamides is 1. The lowest BCUT2D eigenvalue weighted by molar-refractivity contribution is -0.198. The van der Waals surface area contributed by atoms with Crippen molar-refractivity contribution < 1.29 is 31.1 Å². The average molecular weight is 435 g/mol. The highest BCUT2D eigenvalue weighted by atomic mass is 32.2. The van der Waals surface area contributed by atoms with E-state index in [4.69, 9.17) is 0 Å². The normalized spacial score (nSPS) is 20.4. The Labute approximate surface area is 163 Å². The summed E-state index contributed by atoms with van der Waals surface area (Å²) in [6.45, 7) is 4.55. The number of nitrogens with zero attached hydrogens (tertiary/aromatic N) is 2. The minimum atomic E-state index is -4.76. The van der Waals surface area contributed by atoms with E-state index in [-0.39, 0.29) is 16.4 Å². The summed E-state index contributed by atoms with van der Waals surface area (Å²) in [5.74, 6) is -0.264. The Bertz CT molecular complexity index is 1020. The molecule has 0 bridgehead atoms. The van der Waals surface area contributed by atoms with Gasteiger partial charge in [-0.25, -0.2) is 18.2 Å². The number of thiophene rings is 1. The molecule has 7 nitrogen and oxygen atoms in total. The molecule has 1 saturated heterocycles. The summed E-state index contributed by atoms with van der Waals surface area (Å²) in [5.41, 5.74) is -0.127. The lowest BCUT2D eigenvalue weighted by Gasteiger charge is -2.23. The molecular weight excluding hydrogens is 419 g/mol. The Morgan fingerprint density at radius 3 is 2.54 bits per heavy atom. The number of aryl methyl sites for hydroxylation is 2. The minimum Gasteiger partial charge on any atom is -0.434 e. The molecule has 3 heterocycles. The predicted octanol–water partition coefficient (Wildman–Crippen LogP) is 3.84. The van der Waals surface area contributed by atoms with E-state index < -0.39 is 34.4 Å². The van der Waals surface area contributed by atoms with Gasteiger partial charge in [-0.05, 0) is 39.0 Å². The molecule has 0 unspecified atom stereocenters. The molecule has 0 aromatic carbocycles. The van der Waals surface area contributed by atoms with Crippen LogP contribution in [0.15, 0.2) is 29.3 Å². The van der Waals surface area contributed by atoms with Crippen LogP contribution in [0.2, 0.25) is 0 Å². The summed E-state index contributed by atoms with van der Waals surface area (Å²) in [6.07, 6.45) is -7.11. The van der Waals surface area contributed by atoms with Gasteiger partial charge < -0.3 is 4.74 Å². The van der Waals surface area contributed by atoms with Crippen molar-refractivity contribution >= 4 is 39.0 Å². The van der Waals surface area contributed by atoms with Crippen LogP contribution in [0.4, 0.5) is 29.5 Å². The van der Waals surface area contributed by atoms with Crippen molar-refractivity contribution in [3.05, 3.63) is 34.2 Å². The van der Waals surface area contributed by atoms with Gasteiger partial charge in [0.2, 0.25) is 6.10 Å². The molecule has 1 N–H and O–H groups in total. The zero-order valence-corrected chi connectivity index (χ0v) is 16.6. The van der Waals surface area contributed by atoms with Crippen LogP contribution in [0.25, 0.3) is 0 Å². The smallest absolute Gasteiger partial charge is 0.427 e. The predicted molar refractivity (Wildman–Crippen MR) is 97.1 cm³/mol. The Morgan fingerprint density at radius 2 is 2.00 bits per heavy atom. The highest BCUT2D eigenvalue weighted by Gasteiger charge is 2.55. The molecule has 2 atom stereocenters. The van der Waals surface area contributed by atoms with Crippen molar-refractivity contribution in [1.29, 1.82) is 0 Å². The second-order valence-electron chi connectivity index (χ2n) is 6.21. The third kappa shape index (κ3) is 3.65. The zero-order valence-electron chi connectivity index (χ0n) is 14.9. The molecule has 0 saturated carbocycles. The van der Waals surface area contributed by atoms with E-state index in [1.54, 1.807) is 13.8 Å². The van der Waals surface area contributed by atoms with Crippen molar-refractivity contribution in [2.24, 2.45) is 0 Å². The summed E-state index contributed by atoms with van der Waals surface area (Å²) in [4.78, 5) is 18.1. The monoisotopic (exact) mass is 435 g/mol. The summed E-state index contributed by atoms with van der Waals surface area (Å²) < 4.78 is 71.5. The van der Waals surface area contributed by atoms with Crippen molar-refractivity contribution in [3.63, 3.8) is 0 Å². The lowest BCUT2D eigenvalue weighted by Crippen LogP contribution is -2.41. The van der Waals surface area contributed by atoms with Gasteiger partial charge in [0, 0.05) is 16.0 Å². The van der Waals surface area contributed by atoms with E-state index >= 15 is 0 Å². The molecule has 3 rings (SSSR count). The van der Waals surface area contributed by atoms with Crippen LogP contribution < -0.4 is 9.62 Å². The van der Waals surface area contributed by atoms with Crippen molar-refractivity contribution in [3.8, 4) is 0 Å². The molecule has 1 aliphatic rings. The number of alkyl halides is 3. The number of ether oxygens (including phenoxy) is 1. The van der Waals surface area contributed by atoms with E-state index in [0.717, 1.165) is 11.8 Å².